The summed E-state index contributed by atoms with van der Waals surface area (Å²) in [4.78, 5) is 8.94. The van der Waals surface area contributed by atoms with Gasteiger partial charge >= 0.3 is 0 Å². The second-order valence-corrected chi connectivity index (χ2v) is 4.26. The summed E-state index contributed by atoms with van der Waals surface area (Å²) in [6.45, 7) is 0. The van der Waals surface area contributed by atoms with Gasteiger partial charge in [0.1, 0.15) is 11.5 Å². The SMILES string of the molecule is Cn1nccc1-c1nc(NN)cc(C2CC2)n1. The third kappa shape index (κ3) is 1.87. The number of nitrogen functional groups attached to an aromatic ring is 1. The van der Waals surface area contributed by atoms with Crippen molar-refractivity contribution >= 4 is 5.82 Å². The number of nitrogens with zero attached hydrogens (tertiary/aromatic N) is 4. The topological polar surface area (TPSA) is 81.7 Å². The summed E-state index contributed by atoms with van der Waals surface area (Å²) in [5, 5.41) is 4.12. The van der Waals surface area contributed by atoms with Crippen molar-refractivity contribution in [1.82, 2.24) is 19.7 Å². The molecule has 1 saturated carbocycles. The summed E-state index contributed by atoms with van der Waals surface area (Å²) in [5.41, 5.74) is 4.54. The number of nitrogens with one attached hydrogen (secondary N) is 1. The van der Waals surface area contributed by atoms with Gasteiger partial charge in [0, 0.05) is 30.9 Å². The van der Waals surface area contributed by atoms with Crippen molar-refractivity contribution in [3.05, 3.63) is 24.0 Å². The van der Waals surface area contributed by atoms with Crippen molar-refractivity contribution in [1.29, 1.82) is 0 Å². The van der Waals surface area contributed by atoms with E-state index in [-0.39, 0.29) is 0 Å². The fourth-order valence-electron chi connectivity index (χ4n) is 1.84. The Kier molecular flexibility index (Phi) is 2.29. The number of hydrazine groups is 1. The van der Waals surface area contributed by atoms with E-state index in [0.29, 0.717) is 17.6 Å². The maximum absolute atomic E-state index is 5.44. The van der Waals surface area contributed by atoms with Crippen LogP contribution in [0.25, 0.3) is 11.5 Å². The predicted molar refractivity (Wildman–Crippen MR) is 64.0 cm³/mol. The normalized spacial score (nSPS) is 14.9. The van der Waals surface area contributed by atoms with E-state index in [1.54, 1.807) is 10.9 Å². The molecule has 0 saturated heterocycles. The average molecular weight is 230 g/mol. The van der Waals surface area contributed by atoms with Gasteiger partial charge in [0.15, 0.2) is 5.82 Å². The van der Waals surface area contributed by atoms with Crippen molar-refractivity contribution in [2.75, 3.05) is 5.43 Å². The molecule has 0 atom stereocenters. The van der Waals surface area contributed by atoms with Crippen LogP contribution in [0.5, 0.6) is 0 Å². The Morgan fingerprint density at radius 1 is 1.41 bits per heavy atom. The number of nitrogens with two attached hydrogens (primary N) is 1. The molecule has 1 aliphatic carbocycles. The van der Waals surface area contributed by atoms with Crippen LogP contribution in [0.2, 0.25) is 0 Å². The molecule has 2 heterocycles. The lowest BCUT2D eigenvalue weighted by molar-refractivity contribution is 0.768. The maximum atomic E-state index is 5.44. The quantitative estimate of drug-likeness (QED) is 0.608. The molecule has 3 rings (SSSR count). The van der Waals surface area contributed by atoms with Crippen molar-refractivity contribution in [2.45, 2.75) is 18.8 Å². The minimum atomic E-state index is 0.567. The zero-order valence-electron chi connectivity index (χ0n) is 9.59. The van der Waals surface area contributed by atoms with Crippen molar-refractivity contribution in [3.63, 3.8) is 0 Å². The zero-order valence-corrected chi connectivity index (χ0v) is 9.59. The summed E-state index contributed by atoms with van der Waals surface area (Å²) < 4.78 is 1.76. The lowest BCUT2D eigenvalue weighted by Gasteiger charge is -2.07. The van der Waals surface area contributed by atoms with Crippen LogP contribution in [-0.4, -0.2) is 19.7 Å². The fraction of sp³-hybridized carbons (Fsp3) is 0.364. The lowest BCUT2D eigenvalue weighted by Crippen LogP contribution is -2.11. The number of aryl methyl sites for hydroxylation is 1. The Morgan fingerprint density at radius 2 is 2.24 bits per heavy atom. The van der Waals surface area contributed by atoms with Crippen LogP contribution in [0.1, 0.15) is 24.5 Å². The molecule has 2 aromatic heterocycles. The standard InChI is InChI=1S/C11H14N6/c1-17-9(4-5-13-17)11-14-8(7-2-3-7)6-10(15-11)16-12/h4-7H,2-3,12H2,1H3,(H,14,15,16). The van der Waals surface area contributed by atoms with E-state index < -0.39 is 0 Å². The molecule has 2 aromatic rings. The number of hydrogen-bond acceptors (Lipinski definition) is 5. The molecule has 0 radical (unpaired) electrons. The van der Waals surface area contributed by atoms with E-state index in [1.165, 1.54) is 12.8 Å². The van der Waals surface area contributed by atoms with Gasteiger partial charge in [-0.1, -0.05) is 0 Å². The number of aromatic nitrogens is 4. The minimum Gasteiger partial charge on any atom is -0.308 e. The summed E-state index contributed by atoms with van der Waals surface area (Å²) >= 11 is 0. The first-order chi connectivity index (χ1) is 8.28. The van der Waals surface area contributed by atoms with Crippen molar-refractivity contribution in [2.24, 2.45) is 12.9 Å². The van der Waals surface area contributed by atoms with Gasteiger partial charge in [-0.05, 0) is 18.9 Å². The molecule has 3 N–H and O–H groups in total. The van der Waals surface area contributed by atoms with Gasteiger partial charge in [0.2, 0.25) is 0 Å². The Hall–Kier alpha value is -1.95. The number of hydrogen-bond donors (Lipinski definition) is 2. The predicted octanol–water partition coefficient (Wildman–Crippen LogP) is 1.04. The number of rotatable bonds is 3. The Bertz CT molecular complexity index is 543. The largest absolute Gasteiger partial charge is 0.308 e. The van der Waals surface area contributed by atoms with E-state index in [2.05, 4.69) is 20.5 Å². The molecule has 1 aliphatic rings. The smallest absolute Gasteiger partial charge is 0.180 e. The van der Waals surface area contributed by atoms with Crippen LogP contribution >= 0.6 is 0 Å². The van der Waals surface area contributed by atoms with E-state index in [1.807, 2.05) is 19.2 Å². The molecule has 0 unspecified atom stereocenters. The third-order valence-electron chi connectivity index (χ3n) is 2.94. The van der Waals surface area contributed by atoms with Crippen LogP contribution in [0.4, 0.5) is 5.82 Å². The number of anilines is 1. The van der Waals surface area contributed by atoms with Crippen molar-refractivity contribution in [3.8, 4) is 11.5 Å². The van der Waals surface area contributed by atoms with Gasteiger partial charge in [-0.3, -0.25) is 4.68 Å². The second kappa shape index (κ2) is 3.81. The van der Waals surface area contributed by atoms with Crippen molar-refractivity contribution < 1.29 is 0 Å². The molecule has 6 heteroatoms. The molecule has 0 aromatic carbocycles. The monoisotopic (exact) mass is 230 g/mol. The molecular weight excluding hydrogens is 216 g/mol. The lowest BCUT2D eigenvalue weighted by atomic mass is 10.2. The van der Waals surface area contributed by atoms with Gasteiger partial charge < -0.3 is 5.43 Å². The summed E-state index contributed by atoms with van der Waals surface area (Å²) in [5.74, 6) is 7.32. The highest BCUT2D eigenvalue weighted by Crippen LogP contribution is 2.40. The van der Waals surface area contributed by atoms with Crippen LogP contribution in [0.3, 0.4) is 0 Å². The first kappa shape index (κ1) is 10.2. The summed E-state index contributed by atoms with van der Waals surface area (Å²) in [6, 6.07) is 3.81. The molecule has 0 spiro atoms. The van der Waals surface area contributed by atoms with Gasteiger partial charge in [0.05, 0.1) is 0 Å². The van der Waals surface area contributed by atoms with Crippen LogP contribution in [-0.2, 0) is 7.05 Å². The van der Waals surface area contributed by atoms with Gasteiger partial charge in [-0.2, -0.15) is 5.10 Å². The molecule has 88 valence electrons. The fourth-order valence-corrected chi connectivity index (χ4v) is 1.84. The molecular formula is C11H14N6. The van der Waals surface area contributed by atoms with Crippen LogP contribution in [0, 0.1) is 0 Å². The molecule has 0 amide bonds. The Labute approximate surface area is 98.8 Å². The van der Waals surface area contributed by atoms with E-state index in [9.17, 15) is 0 Å². The highest BCUT2D eigenvalue weighted by molar-refractivity contribution is 5.53. The minimum absolute atomic E-state index is 0.567. The Balaban J connectivity index is 2.09. The highest BCUT2D eigenvalue weighted by atomic mass is 15.3. The molecule has 1 fully saturated rings. The van der Waals surface area contributed by atoms with E-state index >= 15 is 0 Å². The van der Waals surface area contributed by atoms with Crippen LogP contribution < -0.4 is 11.3 Å². The maximum Gasteiger partial charge on any atom is 0.180 e. The van der Waals surface area contributed by atoms with Gasteiger partial charge in [0.25, 0.3) is 0 Å². The molecule has 0 aliphatic heterocycles. The Morgan fingerprint density at radius 3 is 2.82 bits per heavy atom. The molecule has 0 bridgehead atoms. The first-order valence-corrected chi connectivity index (χ1v) is 5.62. The van der Waals surface area contributed by atoms with E-state index in [4.69, 9.17) is 5.84 Å². The summed E-state index contributed by atoms with van der Waals surface area (Å²) in [6.07, 6.45) is 4.13. The zero-order chi connectivity index (χ0) is 11.8. The average Bonchev–Trinajstić information content (AvgIpc) is 3.11. The van der Waals surface area contributed by atoms with Gasteiger partial charge in [-0.25, -0.2) is 15.8 Å². The highest BCUT2D eigenvalue weighted by Gasteiger charge is 2.26. The second-order valence-electron chi connectivity index (χ2n) is 4.26. The third-order valence-corrected chi connectivity index (χ3v) is 2.94. The summed E-state index contributed by atoms with van der Waals surface area (Å²) in [7, 11) is 1.87. The molecule has 6 nitrogen and oxygen atoms in total. The van der Waals surface area contributed by atoms with E-state index in [0.717, 1.165) is 11.4 Å². The van der Waals surface area contributed by atoms with Crippen LogP contribution in [0.15, 0.2) is 18.3 Å². The van der Waals surface area contributed by atoms with Gasteiger partial charge in [-0.15, -0.1) is 0 Å². The molecule has 17 heavy (non-hydrogen) atoms. The first-order valence-electron chi connectivity index (χ1n) is 5.62.